The molecule has 4 aromatic rings. The highest BCUT2D eigenvalue weighted by atomic mass is 32.1. The molecule has 0 saturated heterocycles. The maximum Gasteiger partial charge on any atom is 0.489 e. The molecule has 104 valence electrons. The molecular weight excluding hydrogens is 283 g/mol. The van der Waals surface area contributed by atoms with E-state index in [9.17, 15) is 0 Å². The Balaban J connectivity index is 0.000000143. The largest absolute Gasteiger partial charge is 0.489 e. The lowest BCUT2D eigenvalue weighted by molar-refractivity contribution is 0.426. The van der Waals surface area contributed by atoms with Gasteiger partial charge in [-0.2, -0.15) is 11.3 Å². The zero-order valence-electron chi connectivity index (χ0n) is 11.1. The Kier molecular flexibility index (Phi) is 4.06. The van der Waals surface area contributed by atoms with E-state index in [1.165, 1.54) is 22.1 Å². The topological polar surface area (TPSA) is 53.6 Å². The van der Waals surface area contributed by atoms with E-state index in [1.807, 2.05) is 36.4 Å². The summed E-state index contributed by atoms with van der Waals surface area (Å²) in [6.45, 7) is 0. The molecule has 0 unspecified atom stereocenters. The SMILES string of the molecule is OB(O)c1ccsc1.c1ccc2c(c1)oc1ccccc12. The van der Waals surface area contributed by atoms with Crippen LogP contribution in [0.1, 0.15) is 0 Å². The molecule has 4 rings (SSSR count). The van der Waals surface area contributed by atoms with Gasteiger partial charge in [0.15, 0.2) is 0 Å². The summed E-state index contributed by atoms with van der Waals surface area (Å²) in [5.41, 5.74) is 2.49. The van der Waals surface area contributed by atoms with Crippen molar-refractivity contribution in [3.63, 3.8) is 0 Å². The van der Waals surface area contributed by atoms with Crippen LogP contribution in [0, 0.1) is 0 Å². The Morgan fingerprint density at radius 2 is 1.38 bits per heavy atom. The smallest absolute Gasteiger partial charge is 0.456 e. The Labute approximate surface area is 126 Å². The summed E-state index contributed by atoms with van der Waals surface area (Å²) in [7, 11) is -1.30. The minimum absolute atomic E-state index is 0.565. The number of fused-ring (bicyclic) bond motifs is 3. The minimum Gasteiger partial charge on any atom is -0.456 e. The van der Waals surface area contributed by atoms with Crippen LogP contribution < -0.4 is 5.46 Å². The lowest BCUT2D eigenvalue weighted by Crippen LogP contribution is -2.27. The highest BCUT2D eigenvalue weighted by molar-refractivity contribution is 7.09. The number of benzene rings is 2. The highest BCUT2D eigenvalue weighted by Gasteiger charge is 2.08. The lowest BCUT2D eigenvalue weighted by atomic mass is 9.83. The van der Waals surface area contributed by atoms with Gasteiger partial charge in [0.05, 0.1) is 0 Å². The molecule has 2 aromatic heterocycles. The summed E-state index contributed by atoms with van der Waals surface area (Å²) < 4.78 is 5.65. The molecule has 2 aromatic carbocycles. The van der Waals surface area contributed by atoms with E-state index < -0.39 is 7.12 Å². The molecule has 0 saturated carbocycles. The van der Waals surface area contributed by atoms with Gasteiger partial charge in [-0.3, -0.25) is 0 Å². The molecule has 0 aliphatic carbocycles. The third-order valence-corrected chi connectivity index (χ3v) is 3.83. The van der Waals surface area contributed by atoms with Crippen molar-refractivity contribution in [3.8, 4) is 0 Å². The van der Waals surface area contributed by atoms with Crippen LogP contribution in [0.2, 0.25) is 0 Å². The first-order valence-corrected chi connectivity index (χ1v) is 7.44. The second-order valence-corrected chi connectivity index (χ2v) is 5.30. The van der Waals surface area contributed by atoms with Crippen molar-refractivity contribution in [2.75, 3.05) is 0 Å². The van der Waals surface area contributed by atoms with Crippen LogP contribution in [-0.4, -0.2) is 17.2 Å². The Hall–Kier alpha value is -2.08. The van der Waals surface area contributed by atoms with Gasteiger partial charge >= 0.3 is 7.12 Å². The Morgan fingerprint density at radius 1 is 0.810 bits per heavy atom. The monoisotopic (exact) mass is 296 g/mol. The number of para-hydroxylation sites is 2. The number of thiophene rings is 1. The molecule has 0 atom stereocenters. The molecule has 2 N–H and O–H groups in total. The molecule has 0 aliphatic rings. The summed E-state index contributed by atoms with van der Waals surface area (Å²) in [5, 5.41) is 22.8. The molecule has 0 amide bonds. The second-order valence-electron chi connectivity index (χ2n) is 4.52. The van der Waals surface area contributed by atoms with Crippen LogP contribution in [0.15, 0.2) is 69.8 Å². The van der Waals surface area contributed by atoms with E-state index in [0.29, 0.717) is 5.46 Å². The predicted molar refractivity (Wildman–Crippen MR) is 87.9 cm³/mol. The molecule has 5 heteroatoms. The van der Waals surface area contributed by atoms with E-state index in [1.54, 1.807) is 16.8 Å². The molecule has 0 aliphatic heterocycles. The average Bonchev–Trinajstić information content (AvgIpc) is 3.15. The van der Waals surface area contributed by atoms with Crippen LogP contribution in [0.25, 0.3) is 21.9 Å². The van der Waals surface area contributed by atoms with E-state index in [-0.39, 0.29) is 0 Å². The Morgan fingerprint density at radius 3 is 1.81 bits per heavy atom. The molecular formula is C16H13BO3S. The molecule has 0 bridgehead atoms. The van der Waals surface area contributed by atoms with Gasteiger partial charge in [0.1, 0.15) is 11.2 Å². The van der Waals surface area contributed by atoms with E-state index in [2.05, 4.69) is 12.1 Å². The van der Waals surface area contributed by atoms with Gasteiger partial charge in [-0.1, -0.05) is 42.5 Å². The third kappa shape index (κ3) is 3.00. The zero-order valence-corrected chi connectivity index (χ0v) is 12.0. The molecule has 21 heavy (non-hydrogen) atoms. The first-order valence-electron chi connectivity index (χ1n) is 6.50. The normalized spacial score (nSPS) is 10.4. The Bertz CT molecular complexity index is 787. The van der Waals surface area contributed by atoms with Gasteiger partial charge in [0, 0.05) is 10.8 Å². The van der Waals surface area contributed by atoms with Gasteiger partial charge in [0.2, 0.25) is 0 Å². The van der Waals surface area contributed by atoms with Crippen LogP contribution in [0.5, 0.6) is 0 Å². The van der Waals surface area contributed by atoms with Crippen molar-refractivity contribution in [3.05, 3.63) is 65.4 Å². The lowest BCUT2D eigenvalue weighted by Gasteiger charge is -1.87. The maximum absolute atomic E-state index is 8.47. The molecule has 0 radical (unpaired) electrons. The summed E-state index contributed by atoms with van der Waals surface area (Å²) >= 11 is 1.45. The van der Waals surface area contributed by atoms with Crippen molar-refractivity contribution in [2.45, 2.75) is 0 Å². The summed E-state index contributed by atoms with van der Waals surface area (Å²) in [6, 6.07) is 17.9. The fraction of sp³-hybridized carbons (Fsp3) is 0. The fourth-order valence-corrected chi connectivity index (χ4v) is 2.77. The van der Waals surface area contributed by atoms with Gasteiger partial charge in [-0.25, -0.2) is 0 Å². The standard InChI is InChI=1S/C12H8O.C4H5BO2S/c1-3-7-11-9(5-1)10-6-2-4-8-12(10)13-11;6-5(7)4-1-2-8-3-4/h1-8H;1-3,6-7H. The summed E-state index contributed by atoms with van der Waals surface area (Å²) in [5.74, 6) is 0. The first kappa shape index (κ1) is 13.9. The number of hydrogen-bond acceptors (Lipinski definition) is 4. The van der Waals surface area contributed by atoms with E-state index >= 15 is 0 Å². The number of rotatable bonds is 1. The molecule has 0 fully saturated rings. The van der Waals surface area contributed by atoms with Crippen molar-refractivity contribution in [2.24, 2.45) is 0 Å². The zero-order chi connectivity index (χ0) is 14.7. The third-order valence-electron chi connectivity index (χ3n) is 3.13. The van der Waals surface area contributed by atoms with Crippen molar-refractivity contribution >= 4 is 45.9 Å². The van der Waals surface area contributed by atoms with Crippen molar-refractivity contribution < 1.29 is 14.5 Å². The highest BCUT2D eigenvalue weighted by Crippen LogP contribution is 2.27. The number of furan rings is 1. The van der Waals surface area contributed by atoms with Gasteiger partial charge < -0.3 is 14.5 Å². The predicted octanol–water partition coefficient (Wildman–Crippen LogP) is 3.01. The van der Waals surface area contributed by atoms with Gasteiger partial charge in [0.25, 0.3) is 0 Å². The molecule has 0 spiro atoms. The van der Waals surface area contributed by atoms with E-state index in [4.69, 9.17) is 14.5 Å². The first-order chi connectivity index (χ1) is 10.3. The maximum atomic E-state index is 8.47. The molecule has 3 nitrogen and oxygen atoms in total. The van der Waals surface area contributed by atoms with Crippen LogP contribution in [-0.2, 0) is 0 Å². The van der Waals surface area contributed by atoms with Crippen LogP contribution in [0.4, 0.5) is 0 Å². The van der Waals surface area contributed by atoms with Gasteiger partial charge in [-0.15, -0.1) is 0 Å². The van der Waals surface area contributed by atoms with E-state index in [0.717, 1.165) is 11.2 Å². The summed E-state index contributed by atoms with van der Waals surface area (Å²) in [6.07, 6.45) is 0. The average molecular weight is 296 g/mol. The number of hydrogen-bond donors (Lipinski definition) is 2. The molecule has 2 heterocycles. The quantitative estimate of drug-likeness (QED) is 0.531. The fourth-order valence-electron chi connectivity index (χ4n) is 2.10. The van der Waals surface area contributed by atoms with Crippen molar-refractivity contribution in [1.29, 1.82) is 0 Å². The van der Waals surface area contributed by atoms with Crippen molar-refractivity contribution in [1.82, 2.24) is 0 Å². The minimum atomic E-state index is -1.30. The van der Waals surface area contributed by atoms with Gasteiger partial charge in [-0.05, 0) is 28.4 Å². The van der Waals surface area contributed by atoms with Crippen LogP contribution in [0.3, 0.4) is 0 Å². The summed E-state index contributed by atoms with van der Waals surface area (Å²) in [4.78, 5) is 0. The van der Waals surface area contributed by atoms with Crippen LogP contribution >= 0.6 is 11.3 Å². The second kappa shape index (κ2) is 6.14.